The topological polar surface area (TPSA) is 96.5 Å². The molecule has 1 unspecified atom stereocenters. The van der Waals surface area contributed by atoms with E-state index in [4.69, 9.17) is 16.1 Å². The van der Waals surface area contributed by atoms with Gasteiger partial charge in [-0.05, 0) is 51.7 Å². The van der Waals surface area contributed by atoms with Gasteiger partial charge in [0.15, 0.2) is 11.5 Å². The van der Waals surface area contributed by atoms with Crippen molar-refractivity contribution in [2.24, 2.45) is 0 Å². The first kappa shape index (κ1) is 28.6. The molecule has 2 amide bonds. The number of nitrogens with zero attached hydrogens (tertiary/aromatic N) is 5. The van der Waals surface area contributed by atoms with Crippen molar-refractivity contribution in [2.45, 2.75) is 70.4 Å². The Balaban J connectivity index is 1.39. The highest BCUT2D eigenvalue weighted by Crippen LogP contribution is 2.34. The maximum Gasteiger partial charge on any atom is 0.408 e. The Kier molecular flexibility index (Phi) is 8.25. The van der Waals surface area contributed by atoms with Gasteiger partial charge in [0.05, 0.1) is 15.8 Å². The van der Waals surface area contributed by atoms with Crippen LogP contribution in [0.1, 0.15) is 66.2 Å². The standard InChI is InChI=1S/C26H30ClF3N6O3S/c1-15(2)34-10-7-16(8-11-34)31-24(37)19-13-18(25(38)35-9-3-4-22(35)26(28,29)30)32-36(19)14-17-12-20(39-33-17)21-5-6-23(27)40-21/h5-6,12-13,15-16,22H,3-4,7-11,14H2,1-2H3,(H,31,37). The van der Waals surface area contributed by atoms with Gasteiger partial charge in [0.1, 0.15) is 17.4 Å². The first-order valence-electron chi connectivity index (χ1n) is 13.2. The Morgan fingerprint density at radius 1 is 1.18 bits per heavy atom. The third-order valence-corrected chi connectivity index (χ3v) is 8.65. The van der Waals surface area contributed by atoms with Gasteiger partial charge < -0.3 is 19.6 Å². The zero-order chi connectivity index (χ0) is 28.6. The number of hydrogen-bond acceptors (Lipinski definition) is 7. The first-order chi connectivity index (χ1) is 19.0. The summed E-state index contributed by atoms with van der Waals surface area (Å²) in [4.78, 5) is 30.5. The van der Waals surface area contributed by atoms with Crippen LogP contribution in [-0.4, -0.2) is 80.5 Å². The average molecular weight is 599 g/mol. The van der Waals surface area contributed by atoms with E-state index in [1.165, 1.54) is 22.1 Å². The van der Waals surface area contributed by atoms with E-state index >= 15 is 0 Å². The molecule has 14 heteroatoms. The number of nitrogens with one attached hydrogen (secondary N) is 1. The molecule has 0 radical (unpaired) electrons. The van der Waals surface area contributed by atoms with Crippen LogP contribution in [0.25, 0.3) is 10.6 Å². The molecule has 0 bridgehead atoms. The number of rotatable bonds is 7. The van der Waals surface area contributed by atoms with Crippen molar-refractivity contribution in [3.8, 4) is 10.6 Å². The number of hydrogen-bond donors (Lipinski definition) is 1. The number of halogens is 4. The molecule has 1 atom stereocenters. The number of amides is 2. The maximum atomic E-state index is 13.6. The third kappa shape index (κ3) is 6.21. The number of alkyl halides is 3. The zero-order valence-corrected chi connectivity index (χ0v) is 23.7. The summed E-state index contributed by atoms with van der Waals surface area (Å²) in [5, 5.41) is 11.4. The van der Waals surface area contributed by atoms with Crippen molar-refractivity contribution in [3.63, 3.8) is 0 Å². The van der Waals surface area contributed by atoms with Crippen molar-refractivity contribution in [1.82, 2.24) is 30.1 Å². The molecular formula is C26H30ClF3N6O3S. The number of carbonyl (C=O) groups excluding carboxylic acids is 2. The monoisotopic (exact) mass is 598 g/mol. The number of thiophene rings is 1. The van der Waals surface area contributed by atoms with Crippen LogP contribution < -0.4 is 5.32 Å². The summed E-state index contributed by atoms with van der Waals surface area (Å²) >= 11 is 7.33. The Bertz CT molecular complexity index is 1360. The highest BCUT2D eigenvalue weighted by Gasteiger charge is 2.48. The van der Waals surface area contributed by atoms with Crippen LogP contribution >= 0.6 is 22.9 Å². The third-order valence-electron chi connectivity index (χ3n) is 7.41. The summed E-state index contributed by atoms with van der Waals surface area (Å²) in [5.41, 5.74) is 0.279. The molecule has 3 aromatic heterocycles. The van der Waals surface area contributed by atoms with E-state index in [0.29, 0.717) is 21.8 Å². The van der Waals surface area contributed by atoms with Gasteiger partial charge in [0, 0.05) is 43.9 Å². The van der Waals surface area contributed by atoms with E-state index in [0.717, 1.165) is 35.7 Å². The van der Waals surface area contributed by atoms with Gasteiger partial charge in [-0.25, -0.2) is 0 Å². The van der Waals surface area contributed by atoms with Gasteiger partial charge in [0.2, 0.25) is 0 Å². The lowest BCUT2D eigenvalue weighted by Crippen LogP contribution is -2.46. The molecule has 1 N–H and O–H groups in total. The van der Waals surface area contributed by atoms with E-state index in [1.54, 1.807) is 18.2 Å². The van der Waals surface area contributed by atoms with Gasteiger partial charge in [-0.15, -0.1) is 11.3 Å². The summed E-state index contributed by atoms with van der Waals surface area (Å²) in [6.45, 7) is 5.89. The average Bonchev–Trinajstić information content (AvgIpc) is 3.70. The molecule has 3 aromatic rings. The maximum absolute atomic E-state index is 13.6. The molecule has 5 rings (SSSR count). The number of aromatic nitrogens is 3. The molecule has 0 spiro atoms. The highest BCUT2D eigenvalue weighted by atomic mass is 35.5. The van der Waals surface area contributed by atoms with Crippen molar-refractivity contribution >= 4 is 34.8 Å². The largest absolute Gasteiger partial charge is 0.408 e. The second-order valence-electron chi connectivity index (χ2n) is 10.4. The molecule has 0 aromatic carbocycles. The summed E-state index contributed by atoms with van der Waals surface area (Å²) in [6, 6.07) is 4.94. The van der Waals surface area contributed by atoms with Crippen LogP contribution in [0.4, 0.5) is 13.2 Å². The molecule has 2 aliphatic rings. The van der Waals surface area contributed by atoms with Crippen molar-refractivity contribution in [3.05, 3.63) is 45.7 Å². The number of carbonyl (C=O) groups is 2. The van der Waals surface area contributed by atoms with Gasteiger partial charge in [-0.3, -0.25) is 14.3 Å². The Morgan fingerprint density at radius 3 is 2.58 bits per heavy atom. The van der Waals surface area contributed by atoms with Crippen LogP contribution in [0.15, 0.2) is 28.8 Å². The molecule has 40 heavy (non-hydrogen) atoms. The lowest BCUT2D eigenvalue weighted by Gasteiger charge is -2.34. The fourth-order valence-corrected chi connectivity index (χ4v) is 6.24. The van der Waals surface area contributed by atoms with Crippen LogP contribution in [0.5, 0.6) is 0 Å². The predicted octanol–water partition coefficient (Wildman–Crippen LogP) is 5.07. The van der Waals surface area contributed by atoms with E-state index in [-0.39, 0.29) is 43.4 Å². The molecule has 9 nitrogen and oxygen atoms in total. The van der Waals surface area contributed by atoms with E-state index in [9.17, 15) is 22.8 Å². The minimum atomic E-state index is -4.54. The smallest absolute Gasteiger partial charge is 0.355 e. The van der Waals surface area contributed by atoms with Gasteiger partial charge in [-0.2, -0.15) is 18.3 Å². The second-order valence-corrected chi connectivity index (χ2v) is 12.1. The van der Waals surface area contributed by atoms with Crippen LogP contribution in [0.3, 0.4) is 0 Å². The molecule has 2 aliphatic heterocycles. The van der Waals surface area contributed by atoms with Crippen molar-refractivity contribution in [2.75, 3.05) is 19.6 Å². The van der Waals surface area contributed by atoms with Crippen molar-refractivity contribution < 1.29 is 27.3 Å². The van der Waals surface area contributed by atoms with Gasteiger partial charge in [-0.1, -0.05) is 16.8 Å². The van der Waals surface area contributed by atoms with E-state index in [1.807, 2.05) is 0 Å². The minimum absolute atomic E-state index is 0.0207. The number of piperidine rings is 1. The first-order valence-corrected chi connectivity index (χ1v) is 14.4. The number of likely N-dealkylation sites (tertiary alicyclic amines) is 2. The normalized spacial score (nSPS) is 19.1. The molecular weight excluding hydrogens is 569 g/mol. The quantitative estimate of drug-likeness (QED) is 0.408. The lowest BCUT2D eigenvalue weighted by atomic mass is 10.0. The van der Waals surface area contributed by atoms with Crippen LogP contribution in [-0.2, 0) is 6.54 Å². The fourth-order valence-electron chi connectivity index (χ4n) is 5.24. The molecule has 2 saturated heterocycles. The summed E-state index contributed by atoms with van der Waals surface area (Å²) in [6.07, 6.45) is -2.93. The second kappa shape index (κ2) is 11.5. The molecule has 216 valence electrons. The Hall–Kier alpha value is -2.90. The fraction of sp³-hybridized carbons (Fsp3) is 0.538. The van der Waals surface area contributed by atoms with Crippen LogP contribution in [0.2, 0.25) is 4.34 Å². The zero-order valence-electron chi connectivity index (χ0n) is 22.1. The van der Waals surface area contributed by atoms with E-state index < -0.39 is 24.0 Å². The molecule has 2 fully saturated rings. The predicted molar refractivity (Wildman–Crippen MR) is 143 cm³/mol. The molecule has 0 aliphatic carbocycles. The Morgan fingerprint density at radius 2 is 1.93 bits per heavy atom. The summed E-state index contributed by atoms with van der Waals surface area (Å²) in [5.74, 6) is -0.826. The minimum Gasteiger partial charge on any atom is -0.355 e. The van der Waals surface area contributed by atoms with Gasteiger partial charge >= 0.3 is 6.18 Å². The SMILES string of the molecule is CC(C)N1CCC(NC(=O)c2cc(C(=O)N3CCCC3C(F)(F)F)nn2Cc2cc(-c3ccc(Cl)s3)on2)CC1. The Labute approximate surface area is 238 Å². The van der Waals surface area contributed by atoms with E-state index in [2.05, 4.69) is 34.3 Å². The van der Waals surface area contributed by atoms with Crippen LogP contribution in [0, 0.1) is 0 Å². The lowest BCUT2D eigenvalue weighted by molar-refractivity contribution is -0.169. The molecule has 0 saturated carbocycles. The van der Waals surface area contributed by atoms with Crippen molar-refractivity contribution in [1.29, 1.82) is 0 Å². The molecule has 5 heterocycles. The highest BCUT2D eigenvalue weighted by molar-refractivity contribution is 7.19. The van der Waals surface area contributed by atoms with Gasteiger partial charge in [0.25, 0.3) is 11.8 Å². The summed E-state index contributed by atoms with van der Waals surface area (Å²) in [7, 11) is 0. The summed E-state index contributed by atoms with van der Waals surface area (Å²) < 4.78 is 48.0.